The number of nitrogen functional groups attached to an aromatic ring is 1. The Kier molecular flexibility index (Phi) is 5.02. The van der Waals surface area contributed by atoms with Crippen molar-refractivity contribution in [2.24, 2.45) is 5.92 Å². The van der Waals surface area contributed by atoms with Gasteiger partial charge in [-0.05, 0) is 36.5 Å². The molecule has 0 saturated heterocycles. The Morgan fingerprint density at radius 3 is 2.78 bits per heavy atom. The van der Waals surface area contributed by atoms with Crippen LogP contribution in [0.2, 0.25) is 0 Å². The van der Waals surface area contributed by atoms with Crippen molar-refractivity contribution in [3.63, 3.8) is 0 Å². The van der Waals surface area contributed by atoms with E-state index >= 15 is 0 Å². The van der Waals surface area contributed by atoms with Crippen molar-refractivity contribution >= 4 is 5.69 Å². The standard InChI is InChI=1S/C15H23NO2/c16-14-8-4-7-13(9-14)15(17)11-18-10-12-5-2-1-3-6-12/h4,7-9,12,15,17H,1-3,5-6,10-11,16H2. The average molecular weight is 249 g/mol. The number of benzene rings is 1. The number of hydrogen-bond donors (Lipinski definition) is 2. The smallest absolute Gasteiger partial charge is 0.102 e. The van der Waals surface area contributed by atoms with Crippen LogP contribution in [-0.2, 0) is 4.74 Å². The summed E-state index contributed by atoms with van der Waals surface area (Å²) < 4.78 is 5.64. The van der Waals surface area contributed by atoms with E-state index in [1.165, 1.54) is 32.1 Å². The molecule has 0 aromatic heterocycles. The summed E-state index contributed by atoms with van der Waals surface area (Å²) in [5.74, 6) is 0.687. The summed E-state index contributed by atoms with van der Waals surface area (Å²) in [6.45, 7) is 1.14. The van der Waals surface area contributed by atoms with Crippen molar-refractivity contribution < 1.29 is 9.84 Å². The molecule has 100 valence electrons. The molecule has 3 N–H and O–H groups in total. The summed E-state index contributed by atoms with van der Waals surface area (Å²) in [7, 11) is 0. The predicted molar refractivity (Wildman–Crippen MR) is 73.2 cm³/mol. The SMILES string of the molecule is Nc1cccc(C(O)COCC2CCCCC2)c1. The van der Waals surface area contributed by atoms with Gasteiger partial charge in [0, 0.05) is 12.3 Å². The first-order valence-corrected chi connectivity index (χ1v) is 6.87. The molecular weight excluding hydrogens is 226 g/mol. The monoisotopic (exact) mass is 249 g/mol. The number of aliphatic hydroxyl groups is 1. The lowest BCUT2D eigenvalue weighted by molar-refractivity contribution is 0.0146. The van der Waals surface area contributed by atoms with Gasteiger partial charge in [0.25, 0.3) is 0 Å². The molecule has 3 heteroatoms. The van der Waals surface area contributed by atoms with Crippen LogP contribution in [0.1, 0.15) is 43.8 Å². The highest BCUT2D eigenvalue weighted by molar-refractivity contribution is 5.41. The molecule has 2 rings (SSSR count). The number of hydrogen-bond acceptors (Lipinski definition) is 3. The predicted octanol–water partition coefficient (Wildman–Crippen LogP) is 2.90. The van der Waals surface area contributed by atoms with Gasteiger partial charge in [0.05, 0.1) is 6.61 Å². The van der Waals surface area contributed by atoms with Gasteiger partial charge in [-0.2, -0.15) is 0 Å². The highest BCUT2D eigenvalue weighted by Crippen LogP contribution is 2.24. The summed E-state index contributed by atoms with van der Waals surface area (Å²) >= 11 is 0. The molecule has 0 aliphatic heterocycles. The van der Waals surface area contributed by atoms with Crippen LogP contribution in [-0.4, -0.2) is 18.3 Å². The van der Waals surface area contributed by atoms with Crippen LogP contribution < -0.4 is 5.73 Å². The molecule has 1 atom stereocenters. The second kappa shape index (κ2) is 6.76. The fourth-order valence-corrected chi connectivity index (χ4v) is 2.56. The van der Waals surface area contributed by atoms with E-state index in [4.69, 9.17) is 10.5 Å². The first kappa shape index (κ1) is 13.4. The second-order valence-corrected chi connectivity index (χ2v) is 5.23. The third kappa shape index (κ3) is 4.00. The summed E-state index contributed by atoms with van der Waals surface area (Å²) in [5, 5.41) is 9.99. The summed E-state index contributed by atoms with van der Waals surface area (Å²) in [5.41, 5.74) is 7.20. The fourth-order valence-electron chi connectivity index (χ4n) is 2.56. The second-order valence-electron chi connectivity index (χ2n) is 5.23. The van der Waals surface area contributed by atoms with Crippen LogP contribution in [0.25, 0.3) is 0 Å². The van der Waals surface area contributed by atoms with Gasteiger partial charge < -0.3 is 15.6 Å². The third-order valence-electron chi connectivity index (χ3n) is 3.65. The molecule has 1 unspecified atom stereocenters. The van der Waals surface area contributed by atoms with E-state index in [1.54, 1.807) is 6.07 Å². The van der Waals surface area contributed by atoms with Crippen molar-refractivity contribution in [2.75, 3.05) is 18.9 Å². The molecule has 1 aliphatic carbocycles. The lowest BCUT2D eigenvalue weighted by Crippen LogP contribution is -2.16. The minimum Gasteiger partial charge on any atom is -0.399 e. The van der Waals surface area contributed by atoms with Crippen molar-refractivity contribution in [1.29, 1.82) is 0 Å². The van der Waals surface area contributed by atoms with Crippen LogP contribution >= 0.6 is 0 Å². The van der Waals surface area contributed by atoms with E-state index in [-0.39, 0.29) is 0 Å². The number of anilines is 1. The van der Waals surface area contributed by atoms with Gasteiger partial charge in [-0.25, -0.2) is 0 Å². The maximum absolute atomic E-state index is 9.99. The lowest BCUT2D eigenvalue weighted by atomic mass is 9.90. The van der Waals surface area contributed by atoms with Gasteiger partial charge in [-0.15, -0.1) is 0 Å². The Balaban J connectivity index is 1.72. The molecule has 0 heterocycles. The quantitative estimate of drug-likeness (QED) is 0.789. The van der Waals surface area contributed by atoms with Crippen molar-refractivity contribution in [2.45, 2.75) is 38.2 Å². The Bertz CT molecular complexity index is 361. The minimum absolute atomic E-state index is 0.361. The Morgan fingerprint density at radius 2 is 2.06 bits per heavy atom. The van der Waals surface area contributed by atoms with Gasteiger partial charge in [0.2, 0.25) is 0 Å². The van der Waals surface area contributed by atoms with Crippen LogP contribution in [0.5, 0.6) is 0 Å². The van der Waals surface area contributed by atoms with Gasteiger partial charge in [0.15, 0.2) is 0 Å². The van der Waals surface area contributed by atoms with Crippen molar-refractivity contribution in [1.82, 2.24) is 0 Å². The molecule has 1 saturated carbocycles. The first-order chi connectivity index (χ1) is 8.75. The maximum Gasteiger partial charge on any atom is 0.102 e. The first-order valence-electron chi connectivity index (χ1n) is 6.87. The van der Waals surface area contributed by atoms with Crippen LogP contribution in [0, 0.1) is 5.92 Å². The highest BCUT2D eigenvalue weighted by atomic mass is 16.5. The van der Waals surface area contributed by atoms with E-state index in [0.717, 1.165) is 12.2 Å². The number of aliphatic hydroxyl groups excluding tert-OH is 1. The zero-order valence-electron chi connectivity index (χ0n) is 10.8. The van der Waals surface area contributed by atoms with Crippen LogP contribution in [0.15, 0.2) is 24.3 Å². The van der Waals surface area contributed by atoms with Crippen LogP contribution in [0.3, 0.4) is 0 Å². The van der Waals surface area contributed by atoms with E-state index in [2.05, 4.69) is 0 Å². The van der Waals surface area contributed by atoms with E-state index in [9.17, 15) is 5.11 Å². The number of ether oxygens (including phenoxy) is 1. The number of nitrogens with two attached hydrogens (primary N) is 1. The molecule has 1 aromatic carbocycles. The molecule has 0 radical (unpaired) electrons. The molecule has 0 spiro atoms. The summed E-state index contributed by atoms with van der Waals surface area (Å²) in [4.78, 5) is 0. The Morgan fingerprint density at radius 1 is 1.28 bits per heavy atom. The largest absolute Gasteiger partial charge is 0.399 e. The molecule has 1 aromatic rings. The van der Waals surface area contributed by atoms with Crippen molar-refractivity contribution in [3.8, 4) is 0 Å². The number of rotatable bonds is 5. The third-order valence-corrected chi connectivity index (χ3v) is 3.65. The maximum atomic E-state index is 9.99. The molecule has 3 nitrogen and oxygen atoms in total. The molecule has 18 heavy (non-hydrogen) atoms. The van der Waals surface area contributed by atoms with Gasteiger partial charge in [-0.1, -0.05) is 31.4 Å². The molecule has 1 aliphatic rings. The van der Waals surface area contributed by atoms with Crippen molar-refractivity contribution in [3.05, 3.63) is 29.8 Å². The summed E-state index contributed by atoms with van der Waals surface area (Å²) in [6.07, 6.45) is 5.99. The molecule has 0 amide bonds. The minimum atomic E-state index is -0.572. The summed E-state index contributed by atoms with van der Waals surface area (Å²) in [6, 6.07) is 7.35. The van der Waals surface area contributed by atoms with E-state index in [1.807, 2.05) is 18.2 Å². The normalized spacial score (nSPS) is 18.7. The van der Waals surface area contributed by atoms with Crippen LogP contribution in [0.4, 0.5) is 5.69 Å². The van der Waals surface area contributed by atoms with E-state index < -0.39 is 6.10 Å². The zero-order chi connectivity index (χ0) is 12.8. The molecule has 0 bridgehead atoms. The Labute approximate surface area is 109 Å². The topological polar surface area (TPSA) is 55.5 Å². The highest BCUT2D eigenvalue weighted by Gasteiger charge is 2.14. The Hall–Kier alpha value is -1.06. The lowest BCUT2D eigenvalue weighted by Gasteiger charge is -2.22. The van der Waals surface area contributed by atoms with Gasteiger partial charge in [0.1, 0.15) is 6.10 Å². The van der Waals surface area contributed by atoms with E-state index in [0.29, 0.717) is 18.2 Å². The molecular formula is C15H23NO2. The van der Waals surface area contributed by atoms with Gasteiger partial charge >= 0.3 is 0 Å². The zero-order valence-corrected chi connectivity index (χ0v) is 10.8. The van der Waals surface area contributed by atoms with Gasteiger partial charge in [-0.3, -0.25) is 0 Å². The molecule has 1 fully saturated rings. The fraction of sp³-hybridized carbons (Fsp3) is 0.600. The average Bonchev–Trinajstić information content (AvgIpc) is 2.40.